The first kappa shape index (κ1) is 7.65. The van der Waals surface area contributed by atoms with Crippen LogP contribution in [-0.2, 0) is 6.42 Å². The van der Waals surface area contributed by atoms with Gasteiger partial charge in [-0.25, -0.2) is 0 Å². The first-order chi connectivity index (χ1) is 5.84. The second kappa shape index (κ2) is 3.17. The smallest absolute Gasteiger partial charge is 0.292 e. The summed E-state index contributed by atoms with van der Waals surface area (Å²) in [5.41, 5.74) is 6.39. The number of nitrogen functional groups attached to an aromatic ring is 1. The van der Waals surface area contributed by atoms with Gasteiger partial charge in [-0.15, -0.1) is 0 Å². The van der Waals surface area contributed by atoms with Gasteiger partial charge in [0.1, 0.15) is 6.26 Å². The molecular weight excluding hydrogens is 152 g/mol. The molecule has 66 valence electrons. The lowest BCUT2D eigenvalue weighted by Crippen LogP contribution is -1.98. The second-order valence-electron chi connectivity index (χ2n) is 3.53. The Kier molecular flexibility index (Phi) is 2.02. The first-order valence-corrected chi connectivity index (χ1v) is 4.54. The van der Waals surface area contributed by atoms with Crippen molar-refractivity contribution < 1.29 is 4.42 Å². The minimum Gasteiger partial charge on any atom is -0.432 e. The molecule has 1 aliphatic rings. The molecule has 0 bridgehead atoms. The van der Waals surface area contributed by atoms with Crippen LogP contribution < -0.4 is 5.73 Å². The van der Waals surface area contributed by atoms with Crippen molar-refractivity contribution in [2.45, 2.75) is 32.1 Å². The Morgan fingerprint density at radius 2 is 2.25 bits per heavy atom. The molecule has 1 aromatic rings. The van der Waals surface area contributed by atoms with Gasteiger partial charge in [-0.3, -0.25) is 0 Å². The zero-order valence-corrected chi connectivity index (χ0v) is 7.12. The van der Waals surface area contributed by atoms with Gasteiger partial charge in [0.15, 0.2) is 0 Å². The van der Waals surface area contributed by atoms with E-state index in [9.17, 15) is 0 Å². The van der Waals surface area contributed by atoms with Crippen LogP contribution in [0, 0.1) is 5.92 Å². The molecule has 0 spiro atoms. The molecule has 0 aromatic carbocycles. The van der Waals surface area contributed by atoms with E-state index in [4.69, 9.17) is 10.2 Å². The van der Waals surface area contributed by atoms with E-state index in [-0.39, 0.29) is 0 Å². The Bertz CT molecular complexity index is 251. The minimum absolute atomic E-state index is 0.294. The summed E-state index contributed by atoms with van der Waals surface area (Å²) in [6.45, 7) is 0. The lowest BCUT2D eigenvalue weighted by molar-refractivity contribution is 0.532. The standard InChI is InChI=1S/C9H14N2O/c10-9-11-8(6-12-9)5-7-3-1-2-4-7/h6-7H,1-5H2,(H2,10,11). The van der Waals surface area contributed by atoms with Gasteiger partial charge in [-0.05, 0) is 12.3 Å². The number of anilines is 1. The number of nitrogens with zero attached hydrogens (tertiary/aromatic N) is 1. The molecule has 0 saturated heterocycles. The lowest BCUT2D eigenvalue weighted by atomic mass is 10.0. The second-order valence-corrected chi connectivity index (χ2v) is 3.53. The van der Waals surface area contributed by atoms with Crippen LogP contribution in [0.5, 0.6) is 0 Å². The van der Waals surface area contributed by atoms with E-state index >= 15 is 0 Å². The Morgan fingerprint density at radius 3 is 2.83 bits per heavy atom. The Morgan fingerprint density at radius 1 is 1.50 bits per heavy atom. The van der Waals surface area contributed by atoms with Crippen molar-refractivity contribution in [1.29, 1.82) is 0 Å². The van der Waals surface area contributed by atoms with Gasteiger partial charge < -0.3 is 10.2 Å². The van der Waals surface area contributed by atoms with E-state index in [1.165, 1.54) is 25.7 Å². The molecule has 3 heteroatoms. The molecule has 0 aliphatic heterocycles. The topological polar surface area (TPSA) is 52.0 Å². The fourth-order valence-corrected chi connectivity index (χ4v) is 1.93. The van der Waals surface area contributed by atoms with Crippen molar-refractivity contribution in [3.8, 4) is 0 Å². The summed E-state index contributed by atoms with van der Waals surface area (Å²) in [7, 11) is 0. The summed E-state index contributed by atoms with van der Waals surface area (Å²) in [6, 6.07) is 0.294. The normalized spacial score (nSPS) is 18.7. The molecular formula is C9H14N2O. The summed E-state index contributed by atoms with van der Waals surface area (Å²) in [6.07, 6.45) is 8.14. The number of hydrogen-bond donors (Lipinski definition) is 1. The zero-order chi connectivity index (χ0) is 8.39. The molecule has 3 nitrogen and oxygen atoms in total. The summed E-state index contributed by atoms with van der Waals surface area (Å²) in [5, 5.41) is 0. The average molecular weight is 166 g/mol. The molecule has 2 rings (SSSR count). The molecule has 0 atom stereocenters. The average Bonchev–Trinajstić information content (AvgIpc) is 2.63. The number of hydrogen-bond acceptors (Lipinski definition) is 3. The Labute approximate surface area is 72.0 Å². The largest absolute Gasteiger partial charge is 0.432 e. The van der Waals surface area contributed by atoms with Gasteiger partial charge in [-0.1, -0.05) is 25.7 Å². The molecule has 1 aromatic heterocycles. The zero-order valence-electron chi connectivity index (χ0n) is 7.12. The van der Waals surface area contributed by atoms with Gasteiger partial charge >= 0.3 is 0 Å². The van der Waals surface area contributed by atoms with E-state index < -0.39 is 0 Å². The van der Waals surface area contributed by atoms with E-state index in [2.05, 4.69) is 4.98 Å². The highest BCUT2D eigenvalue weighted by molar-refractivity contribution is 5.12. The summed E-state index contributed by atoms with van der Waals surface area (Å²) in [4.78, 5) is 4.09. The van der Waals surface area contributed by atoms with Crippen molar-refractivity contribution in [2.24, 2.45) is 5.92 Å². The van der Waals surface area contributed by atoms with Crippen molar-refractivity contribution in [3.63, 3.8) is 0 Å². The molecule has 12 heavy (non-hydrogen) atoms. The van der Waals surface area contributed by atoms with Crippen LogP contribution in [0.25, 0.3) is 0 Å². The fourth-order valence-electron chi connectivity index (χ4n) is 1.93. The third-order valence-electron chi connectivity index (χ3n) is 2.54. The third-order valence-corrected chi connectivity index (χ3v) is 2.54. The highest BCUT2D eigenvalue weighted by Crippen LogP contribution is 2.27. The highest BCUT2D eigenvalue weighted by Gasteiger charge is 2.16. The highest BCUT2D eigenvalue weighted by atomic mass is 16.4. The molecule has 1 saturated carbocycles. The predicted molar refractivity (Wildman–Crippen MR) is 46.6 cm³/mol. The molecule has 1 aliphatic carbocycles. The molecule has 0 amide bonds. The lowest BCUT2D eigenvalue weighted by Gasteiger charge is -2.03. The molecule has 0 radical (unpaired) electrons. The maximum atomic E-state index is 5.38. The third kappa shape index (κ3) is 1.60. The van der Waals surface area contributed by atoms with Crippen molar-refractivity contribution in [1.82, 2.24) is 4.98 Å². The maximum absolute atomic E-state index is 5.38. The number of nitrogens with two attached hydrogens (primary N) is 1. The molecule has 0 unspecified atom stereocenters. The van der Waals surface area contributed by atoms with Gasteiger partial charge in [0.05, 0.1) is 5.69 Å². The fraction of sp³-hybridized carbons (Fsp3) is 0.667. The van der Waals surface area contributed by atoms with E-state index in [1.807, 2.05) is 0 Å². The minimum atomic E-state index is 0.294. The Balaban J connectivity index is 1.94. The van der Waals surface area contributed by atoms with Crippen molar-refractivity contribution in [3.05, 3.63) is 12.0 Å². The quantitative estimate of drug-likeness (QED) is 0.731. The van der Waals surface area contributed by atoms with Crippen LogP contribution in [0.2, 0.25) is 0 Å². The van der Waals surface area contributed by atoms with E-state index in [1.54, 1.807) is 6.26 Å². The summed E-state index contributed by atoms with van der Waals surface area (Å²) in [5.74, 6) is 0.814. The molecule has 1 fully saturated rings. The molecule has 1 heterocycles. The van der Waals surface area contributed by atoms with E-state index in [0.29, 0.717) is 6.01 Å². The Hall–Kier alpha value is -0.990. The van der Waals surface area contributed by atoms with Gasteiger partial charge in [0.2, 0.25) is 0 Å². The van der Waals surface area contributed by atoms with Crippen LogP contribution >= 0.6 is 0 Å². The van der Waals surface area contributed by atoms with Crippen LogP contribution in [0.4, 0.5) is 6.01 Å². The number of rotatable bonds is 2. The number of oxazole rings is 1. The van der Waals surface area contributed by atoms with Crippen molar-refractivity contribution >= 4 is 6.01 Å². The van der Waals surface area contributed by atoms with Gasteiger partial charge in [0.25, 0.3) is 6.01 Å². The maximum Gasteiger partial charge on any atom is 0.292 e. The van der Waals surface area contributed by atoms with Gasteiger partial charge in [0, 0.05) is 0 Å². The van der Waals surface area contributed by atoms with Crippen LogP contribution in [0.3, 0.4) is 0 Å². The summed E-state index contributed by atoms with van der Waals surface area (Å²) >= 11 is 0. The van der Waals surface area contributed by atoms with Gasteiger partial charge in [-0.2, -0.15) is 4.98 Å². The first-order valence-electron chi connectivity index (χ1n) is 4.54. The van der Waals surface area contributed by atoms with E-state index in [0.717, 1.165) is 18.0 Å². The predicted octanol–water partition coefficient (Wildman–Crippen LogP) is 1.99. The number of aromatic nitrogens is 1. The SMILES string of the molecule is Nc1nc(CC2CCCC2)co1. The van der Waals surface area contributed by atoms with Crippen LogP contribution in [0.15, 0.2) is 10.7 Å². The van der Waals surface area contributed by atoms with Crippen LogP contribution in [-0.4, -0.2) is 4.98 Å². The van der Waals surface area contributed by atoms with Crippen molar-refractivity contribution in [2.75, 3.05) is 5.73 Å². The monoisotopic (exact) mass is 166 g/mol. The van der Waals surface area contributed by atoms with Crippen LogP contribution in [0.1, 0.15) is 31.4 Å². The molecule has 2 N–H and O–H groups in total. The summed E-state index contributed by atoms with van der Waals surface area (Å²) < 4.78 is 4.94.